The number of halogens is 1. The minimum absolute atomic E-state index is 0.100. The van der Waals surface area contributed by atoms with Gasteiger partial charge in [-0.25, -0.2) is 14.4 Å². The highest BCUT2D eigenvalue weighted by atomic mass is 19.1. The molecule has 0 radical (unpaired) electrons. The van der Waals surface area contributed by atoms with Gasteiger partial charge in [0.2, 0.25) is 0 Å². The van der Waals surface area contributed by atoms with Gasteiger partial charge in [0, 0.05) is 5.39 Å². The van der Waals surface area contributed by atoms with Crippen LogP contribution in [0.2, 0.25) is 0 Å². The summed E-state index contributed by atoms with van der Waals surface area (Å²) >= 11 is 0. The zero-order chi connectivity index (χ0) is 16.9. The van der Waals surface area contributed by atoms with Gasteiger partial charge in [0.05, 0.1) is 19.2 Å². The van der Waals surface area contributed by atoms with E-state index in [0.717, 1.165) is 11.5 Å². The molecule has 0 aliphatic rings. The summed E-state index contributed by atoms with van der Waals surface area (Å²) in [7, 11) is 1.62. The largest absolute Gasteiger partial charge is 0.497 e. The number of anilines is 1. The monoisotopic (exact) mass is 327 g/mol. The Bertz CT molecular complexity index is 824. The number of methoxy groups -OCH3 is 1. The lowest BCUT2D eigenvalue weighted by Crippen LogP contribution is -2.23. The van der Waals surface area contributed by atoms with Crippen LogP contribution in [-0.2, 0) is 0 Å². The predicted molar refractivity (Wildman–Crippen MR) is 91.1 cm³/mol. The number of ether oxygens (including phenoxy) is 2. The number of nitrogens with one attached hydrogen (secondary N) is 1. The summed E-state index contributed by atoms with van der Waals surface area (Å²) in [4.78, 5) is 8.32. The number of hydrogen-bond donors (Lipinski definition) is 1. The third-order valence-electron chi connectivity index (χ3n) is 3.55. The van der Waals surface area contributed by atoms with Crippen molar-refractivity contribution in [1.29, 1.82) is 0 Å². The molecule has 5 nitrogen and oxygen atoms in total. The van der Waals surface area contributed by atoms with Gasteiger partial charge in [0.15, 0.2) is 0 Å². The topological polar surface area (TPSA) is 56.3 Å². The van der Waals surface area contributed by atoms with Crippen molar-refractivity contribution in [3.63, 3.8) is 0 Å². The smallest absolute Gasteiger partial charge is 0.137 e. The molecule has 0 saturated heterocycles. The van der Waals surface area contributed by atoms with Gasteiger partial charge in [-0.3, -0.25) is 0 Å². The highest BCUT2D eigenvalue weighted by Crippen LogP contribution is 2.21. The Morgan fingerprint density at radius 2 is 1.83 bits per heavy atom. The lowest BCUT2D eigenvalue weighted by molar-refractivity contribution is 0.234. The minimum atomic E-state index is -0.317. The van der Waals surface area contributed by atoms with Crippen molar-refractivity contribution in [2.75, 3.05) is 19.0 Å². The van der Waals surface area contributed by atoms with Crippen LogP contribution < -0.4 is 14.8 Å². The van der Waals surface area contributed by atoms with E-state index in [0.29, 0.717) is 23.3 Å². The van der Waals surface area contributed by atoms with E-state index in [2.05, 4.69) is 15.3 Å². The van der Waals surface area contributed by atoms with E-state index in [4.69, 9.17) is 9.47 Å². The van der Waals surface area contributed by atoms with E-state index in [1.807, 2.05) is 31.2 Å². The zero-order valence-electron chi connectivity index (χ0n) is 13.5. The summed E-state index contributed by atoms with van der Waals surface area (Å²) in [6.07, 6.45) is 1.36. The maximum Gasteiger partial charge on any atom is 0.137 e. The Labute approximate surface area is 139 Å². The van der Waals surface area contributed by atoms with E-state index in [9.17, 15) is 4.39 Å². The van der Waals surface area contributed by atoms with Crippen LogP contribution in [-0.4, -0.2) is 29.7 Å². The Kier molecular flexibility index (Phi) is 4.74. The van der Waals surface area contributed by atoms with Crippen LogP contribution in [0.4, 0.5) is 10.2 Å². The maximum atomic E-state index is 13.4. The summed E-state index contributed by atoms with van der Waals surface area (Å²) < 4.78 is 24.4. The molecule has 1 aromatic heterocycles. The summed E-state index contributed by atoms with van der Waals surface area (Å²) in [5, 5.41) is 3.84. The van der Waals surface area contributed by atoms with Crippen molar-refractivity contribution >= 4 is 16.7 Å². The van der Waals surface area contributed by atoms with Crippen LogP contribution in [0.3, 0.4) is 0 Å². The molecule has 0 saturated carbocycles. The average Bonchev–Trinajstić information content (AvgIpc) is 2.60. The first-order valence-electron chi connectivity index (χ1n) is 7.60. The molecular weight excluding hydrogens is 309 g/mol. The molecule has 124 valence electrons. The molecule has 0 fully saturated rings. The molecule has 1 N–H and O–H groups in total. The van der Waals surface area contributed by atoms with Gasteiger partial charge in [-0.1, -0.05) is 0 Å². The molecule has 1 unspecified atom stereocenters. The predicted octanol–water partition coefficient (Wildman–Crippen LogP) is 3.66. The second kappa shape index (κ2) is 7.12. The van der Waals surface area contributed by atoms with Crippen molar-refractivity contribution in [2.45, 2.75) is 13.0 Å². The average molecular weight is 327 g/mol. The molecule has 3 aromatic rings. The van der Waals surface area contributed by atoms with Gasteiger partial charge < -0.3 is 14.8 Å². The van der Waals surface area contributed by atoms with Crippen LogP contribution in [0.15, 0.2) is 48.8 Å². The summed E-state index contributed by atoms with van der Waals surface area (Å²) in [6.45, 7) is 2.47. The van der Waals surface area contributed by atoms with Crippen molar-refractivity contribution in [3.05, 3.63) is 54.6 Å². The molecule has 0 spiro atoms. The Balaban J connectivity index is 1.65. The van der Waals surface area contributed by atoms with Gasteiger partial charge >= 0.3 is 0 Å². The van der Waals surface area contributed by atoms with Crippen molar-refractivity contribution in [2.24, 2.45) is 0 Å². The van der Waals surface area contributed by atoms with E-state index in [1.165, 1.54) is 18.5 Å². The maximum absolute atomic E-state index is 13.4. The molecule has 24 heavy (non-hydrogen) atoms. The van der Waals surface area contributed by atoms with Crippen molar-refractivity contribution < 1.29 is 13.9 Å². The van der Waals surface area contributed by atoms with E-state index in [1.54, 1.807) is 13.2 Å². The fraction of sp³-hybridized carbons (Fsp3) is 0.222. The Morgan fingerprint density at radius 3 is 2.58 bits per heavy atom. The van der Waals surface area contributed by atoms with E-state index >= 15 is 0 Å². The number of benzene rings is 2. The third-order valence-corrected chi connectivity index (χ3v) is 3.55. The van der Waals surface area contributed by atoms with Crippen LogP contribution in [0.5, 0.6) is 11.5 Å². The minimum Gasteiger partial charge on any atom is -0.497 e. The number of nitrogens with zero attached hydrogens (tertiary/aromatic N) is 2. The SMILES string of the molecule is COc1ccc(OC(C)CNc2ncnc3ccc(F)cc23)cc1. The molecule has 6 heteroatoms. The first-order chi connectivity index (χ1) is 11.7. The molecule has 1 atom stereocenters. The summed E-state index contributed by atoms with van der Waals surface area (Å²) in [5.74, 6) is 1.80. The molecule has 0 aliphatic heterocycles. The molecule has 3 rings (SSSR count). The quantitative estimate of drug-likeness (QED) is 0.749. The highest BCUT2D eigenvalue weighted by molar-refractivity contribution is 5.88. The molecule has 0 bridgehead atoms. The standard InChI is InChI=1S/C18H18FN3O2/c1-12(24-15-6-4-14(23-2)5-7-15)10-20-18-16-9-13(19)3-8-17(16)21-11-22-18/h3-9,11-12H,10H2,1-2H3,(H,20,21,22). The number of fused-ring (bicyclic) bond motifs is 1. The Morgan fingerprint density at radius 1 is 1.08 bits per heavy atom. The van der Waals surface area contributed by atoms with E-state index < -0.39 is 0 Å². The van der Waals surface area contributed by atoms with Gasteiger partial charge in [-0.05, 0) is 49.4 Å². The molecule has 1 heterocycles. The first kappa shape index (κ1) is 16.0. The van der Waals surface area contributed by atoms with Gasteiger partial charge in [-0.2, -0.15) is 0 Å². The lowest BCUT2D eigenvalue weighted by atomic mass is 10.2. The Hall–Kier alpha value is -2.89. The normalized spacial score (nSPS) is 12.0. The zero-order valence-corrected chi connectivity index (χ0v) is 13.5. The van der Waals surface area contributed by atoms with Crippen LogP contribution in [0, 0.1) is 5.82 Å². The number of aromatic nitrogens is 2. The van der Waals surface area contributed by atoms with Gasteiger partial charge in [-0.15, -0.1) is 0 Å². The molecule has 0 amide bonds. The van der Waals surface area contributed by atoms with Gasteiger partial charge in [0.1, 0.15) is 35.6 Å². The van der Waals surface area contributed by atoms with Crippen LogP contribution in [0.25, 0.3) is 10.9 Å². The molecule has 2 aromatic carbocycles. The fourth-order valence-corrected chi connectivity index (χ4v) is 2.34. The number of rotatable bonds is 6. The van der Waals surface area contributed by atoms with Crippen molar-refractivity contribution in [3.8, 4) is 11.5 Å². The lowest BCUT2D eigenvalue weighted by Gasteiger charge is -2.16. The second-order valence-corrected chi connectivity index (χ2v) is 5.37. The highest BCUT2D eigenvalue weighted by Gasteiger charge is 2.08. The first-order valence-corrected chi connectivity index (χ1v) is 7.60. The van der Waals surface area contributed by atoms with E-state index in [-0.39, 0.29) is 11.9 Å². The number of hydrogen-bond acceptors (Lipinski definition) is 5. The molecule has 0 aliphatic carbocycles. The third kappa shape index (κ3) is 3.71. The van der Waals surface area contributed by atoms with Crippen LogP contribution in [0.1, 0.15) is 6.92 Å². The fourth-order valence-electron chi connectivity index (χ4n) is 2.34. The summed E-state index contributed by atoms with van der Waals surface area (Å²) in [5.41, 5.74) is 0.692. The van der Waals surface area contributed by atoms with Crippen molar-refractivity contribution in [1.82, 2.24) is 9.97 Å². The summed E-state index contributed by atoms with van der Waals surface area (Å²) in [6, 6.07) is 11.8. The second-order valence-electron chi connectivity index (χ2n) is 5.37. The molecular formula is C18H18FN3O2. The van der Waals surface area contributed by atoms with Crippen LogP contribution >= 0.6 is 0 Å². The van der Waals surface area contributed by atoms with Gasteiger partial charge in [0.25, 0.3) is 0 Å².